The molecule has 0 aromatic heterocycles. The van der Waals surface area contributed by atoms with Crippen LogP contribution in [0.25, 0.3) is 0 Å². The van der Waals surface area contributed by atoms with Crippen LogP contribution in [0.5, 0.6) is 0 Å². The maximum Gasteiger partial charge on any atom is 0.255 e. The number of nitrogens with zero attached hydrogens (tertiary/aromatic N) is 1. The van der Waals surface area contributed by atoms with Crippen molar-refractivity contribution in [2.75, 3.05) is 19.6 Å². The van der Waals surface area contributed by atoms with Gasteiger partial charge in [-0.2, -0.15) is 0 Å². The van der Waals surface area contributed by atoms with Crippen LogP contribution in [0, 0.1) is 18.8 Å². The van der Waals surface area contributed by atoms with Gasteiger partial charge in [-0.25, -0.2) is 0 Å². The fourth-order valence-corrected chi connectivity index (χ4v) is 2.33. The number of amides is 1. The molecule has 1 fully saturated rings. The van der Waals surface area contributed by atoms with Crippen LogP contribution in [0.15, 0.2) is 18.2 Å². The first-order valence-corrected chi connectivity index (χ1v) is 6.88. The van der Waals surface area contributed by atoms with Crippen LogP contribution in [0.1, 0.15) is 34.3 Å². The van der Waals surface area contributed by atoms with E-state index < -0.39 is 0 Å². The van der Waals surface area contributed by atoms with Crippen molar-refractivity contribution >= 4 is 5.91 Å². The summed E-state index contributed by atoms with van der Waals surface area (Å²) in [4.78, 5) is 14.3. The lowest BCUT2D eigenvalue weighted by atomic mass is 10.0. The zero-order valence-corrected chi connectivity index (χ0v) is 11.7. The first kappa shape index (κ1) is 14.6. The van der Waals surface area contributed by atoms with E-state index in [-0.39, 0.29) is 18.6 Å². The quantitative estimate of drug-likeness (QED) is 0.747. The van der Waals surface area contributed by atoms with E-state index in [1.54, 1.807) is 4.90 Å². The molecule has 4 nitrogen and oxygen atoms in total. The number of benzene rings is 1. The number of likely N-dealkylation sites (tertiary alicyclic amines) is 1. The number of hydrogen-bond donors (Lipinski definition) is 2. The Morgan fingerprint density at radius 3 is 2.80 bits per heavy atom. The molecule has 2 rings (SSSR count). The summed E-state index contributed by atoms with van der Waals surface area (Å²) in [5.74, 6) is 5.76. The number of aryl methyl sites for hydroxylation is 1. The topological polar surface area (TPSA) is 66.6 Å². The maximum atomic E-state index is 12.5. The third-order valence-corrected chi connectivity index (χ3v) is 3.48. The zero-order chi connectivity index (χ0) is 14.5. The summed E-state index contributed by atoms with van der Waals surface area (Å²) < 4.78 is 0. The molecule has 106 valence electrons. The summed E-state index contributed by atoms with van der Waals surface area (Å²) in [6.07, 6.45) is 0.997. The highest BCUT2D eigenvalue weighted by Crippen LogP contribution is 2.17. The third-order valence-electron chi connectivity index (χ3n) is 3.48. The SMILES string of the molecule is Cc1ccc(C(=O)N2CCC(O)CC2)c(C#CCN)c1. The molecule has 0 radical (unpaired) electrons. The van der Waals surface area contributed by atoms with E-state index in [2.05, 4.69) is 11.8 Å². The van der Waals surface area contributed by atoms with E-state index in [1.807, 2.05) is 25.1 Å². The van der Waals surface area contributed by atoms with Crippen LogP contribution in [-0.4, -0.2) is 41.7 Å². The monoisotopic (exact) mass is 272 g/mol. The van der Waals surface area contributed by atoms with Gasteiger partial charge in [0.05, 0.1) is 18.2 Å². The molecule has 1 aromatic rings. The molecule has 3 N–H and O–H groups in total. The Balaban J connectivity index is 2.25. The maximum absolute atomic E-state index is 12.5. The molecule has 1 aromatic carbocycles. The van der Waals surface area contributed by atoms with Crippen LogP contribution in [0.4, 0.5) is 0 Å². The van der Waals surface area contributed by atoms with Crippen molar-refractivity contribution in [1.82, 2.24) is 4.90 Å². The van der Waals surface area contributed by atoms with Crippen molar-refractivity contribution in [1.29, 1.82) is 0 Å². The van der Waals surface area contributed by atoms with Gasteiger partial charge in [-0.15, -0.1) is 0 Å². The van der Waals surface area contributed by atoms with E-state index in [9.17, 15) is 9.90 Å². The molecule has 0 aliphatic carbocycles. The number of carbonyl (C=O) groups is 1. The van der Waals surface area contributed by atoms with E-state index in [1.165, 1.54) is 0 Å². The average Bonchev–Trinajstić information content (AvgIpc) is 2.45. The van der Waals surface area contributed by atoms with Gasteiger partial charge in [-0.05, 0) is 37.5 Å². The molecule has 0 unspecified atom stereocenters. The summed E-state index contributed by atoms with van der Waals surface area (Å²) in [6, 6.07) is 5.65. The van der Waals surface area contributed by atoms with Crippen molar-refractivity contribution in [2.24, 2.45) is 5.73 Å². The van der Waals surface area contributed by atoms with Gasteiger partial charge in [-0.3, -0.25) is 4.79 Å². The van der Waals surface area contributed by atoms with Gasteiger partial charge in [-0.1, -0.05) is 17.9 Å². The molecule has 1 saturated heterocycles. The van der Waals surface area contributed by atoms with E-state index >= 15 is 0 Å². The second-order valence-electron chi connectivity index (χ2n) is 5.08. The average molecular weight is 272 g/mol. The van der Waals surface area contributed by atoms with E-state index in [0.29, 0.717) is 31.5 Å². The fraction of sp³-hybridized carbons (Fsp3) is 0.438. The molecule has 1 aliphatic heterocycles. The second kappa shape index (κ2) is 6.56. The van der Waals surface area contributed by atoms with Crippen molar-refractivity contribution < 1.29 is 9.90 Å². The van der Waals surface area contributed by atoms with Crippen LogP contribution >= 0.6 is 0 Å². The molecule has 1 amide bonds. The molecule has 4 heteroatoms. The Morgan fingerprint density at radius 2 is 2.15 bits per heavy atom. The number of carbonyl (C=O) groups excluding carboxylic acids is 1. The highest BCUT2D eigenvalue weighted by atomic mass is 16.3. The Bertz CT molecular complexity index is 549. The summed E-state index contributed by atoms with van der Waals surface area (Å²) in [5, 5.41) is 9.51. The Labute approximate surface area is 119 Å². The molecule has 0 spiro atoms. The van der Waals surface area contributed by atoms with Crippen LogP contribution in [0.3, 0.4) is 0 Å². The predicted octanol–water partition coefficient (Wildman–Crippen LogP) is 0.902. The predicted molar refractivity (Wildman–Crippen MR) is 78.3 cm³/mol. The smallest absolute Gasteiger partial charge is 0.255 e. The Kier molecular flexibility index (Phi) is 4.78. The highest BCUT2D eigenvalue weighted by molar-refractivity contribution is 5.97. The van der Waals surface area contributed by atoms with E-state index in [0.717, 1.165) is 11.1 Å². The first-order chi connectivity index (χ1) is 9.61. The van der Waals surface area contributed by atoms with Crippen LogP contribution < -0.4 is 5.73 Å². The van der Waals surface area contributed by atoms with Gasteiger partial charge < -0.3 is 15.7 Å². The molecular weight excluding hydrogens is 252 g/mol. The molecule has 0 atom stereocenters. The van der Waals surface area contributed by atoms with Crippen molar-refractivity contribution in [3.05, 3.63) is 34.9 Å². The van der Waals surface area contributed by atoms with Gasteiger partial charge in [0.2, 0.25) is 0 Å². The van der Waals surface area contributed by atoms with Crippen molar-refractivity contribution in [3.63, 3.8) is 0 Å². The van der Waals surface area contributed by atoms with Gasteiger partial charge in [0.25, 0.3) is 5.91 Å². The summed E-state index contributed by atoms with van der Waals surface area (Å²) in [7, 11) is 0. The first-order valence-electron chi connectivity index (χ1n) is 6.88. The summed E-state index contributed by atoms with van der Waals surface area (Å²) in [5.41, 5.74) is 7.82. The molecule has 1 aliphatic rings. The number of aliphatic hydroxyl groups is 1. The molecule has 0 saturated carbocycles. The van der Waals surface area contributed by atoms with Gasteiger partial charge in [0.15, 0.2) is 0 Å². The van der Waals surface area contributed by atoms with Crippen LogP contribution in [0.2, 0.25) is 0 Å². The standard InChI is InChI=1S/C16H20N2O2/c1-12-4-5-15(13(11-12)3-2-8-17)16(20)18-9-6-14(19)7-10-18/h4-5,11,14,19H,6-10,17H2,1H3. The van der Waals surface area contributed by atoms with Crippen molar-refractivity contribution in [3.8, 4) is 11.8 Å². The zero-order valence-electron chi connectivity index (χ0n) is 11.7. The third kappa shape index (κ3) is 3.38. The number of rotatable bonds is 1. The highest BCUT2D eigenvalue weighted by Gasteiger charge is 2.23. The van der Waals surface area contributed by atoms with Gasteiger partial charge in [0.1, 0.15) is 0 Å². The minimum atomic E-state index is -0.284. The molecule has 0 bridgehead atoms. The normalized spacial score (nSPS) is 15.7. The second-order valence-corrected chi connectivity index (χ2v) is 5.08. The minimum Gasteiger partial charge on any atom is -0.393 e. The molecule has 20 heavy (non-hydrogen) atoms. The Hall–Kier alpha value is -1.83. The lowest BCUT2D eigenvalue weighted by Crippen LogP contribution is -2.40. The number of hydrogen-bond acceptors (Lipinski definition) is 3. The molecule has 1 heterocycles. The van der Waals surface area contributed by atoms with Gasteiger partial charge in [0, 0.05) is 18.7 Å². The van der Waals surface area contributed by atoms with Crippen LogP contribution in [-0.2, 0) is 0 Å². The summed E-state index contributed by atoms with van der Waals surface area (Å²) in [6.45, 7) is 3.44. The van der Waals surface area contributed by atoms with E-state index in [4.69, 9.17) is 5.73 Å². The molecular formula is C16H20N2O2. The fourth-order valence-electron chi connectivity index (χ4n) is 2.33. The van der Waals surface area contributed by atoms with Crippen molar-refractivity contribution in [2.45, 2.75) is 25.9 Å². The lowest BCUT2D eigenvalue weighted by Gasteiger charge is -2.30. The number of nitrogens with two attached hydrogens (primary N) is 1. The van der Waals surface area contributed by atoms with Gasteiger partial charge >= 0.3 is 0 Å². The lowest BCUT2D eigenvalue weighted by molar-refractivity contribution is 0.0546. The summed E-state index contributed by atoms with van der Waals surface area (Å²) >= 11 is 0. The Morgan fingerprint density at radius 1 is 1.45 bits per heavy atom. The largest absolute Gasteiger partial charge is 0.393 e. The number of aliphatic hydroxyl groups excluding tert-OH is 1. The minimum absolute atomic E-state index is 0.0155. The number of piperidine rings is 1.